The number of nitrogens with one attached hydrogen (secondary N) is 1. The lowest BCUT2D eigenvalue weighted by atomic mass is 10.1. The van der Waals surface area contributed by atoms with Gasteiger partial charge in [-0.1, -0.05) is 53.5 Å². The third-order valence-corrected chi connectivity index (χ3v) is 3.37. The number of hydrogen-bond acceptors (Lipinski definition) is 5. The first-order valence-electron chi connectivity index (χ1n) is 7.21. The van der Waals surface area contributed by atoms with Crippen molar-refractivity contribution < 1.29 is 24.2 Å². The number of esters is 1. The fourth-order valence-electron chi connectivity index (χ4n) is 1.88. The molecule has 0 spiro atoms. The van der Waals surface area contributed by atoms with Gasteiger partial charge in [0.2, 0.25) is 4.84 Å². The molecule has 1 aromatic carbocycles. The predicted octanol–water partition coefficient (Wildman–Crippen LogP) is 3.02. The highest BCUT2D eigenvalue weighted by Gasteiger charge is 2.31. The molecular formula is C16H19Cl2NO5. The normalized spacial score (nSPS) is 17.5. The summed E-state index contributed by atoms with van der Waals surface area (Å²) in [6.45, 7) is 4.35. The number of carboxylic acid groups (broad SMARTS) is 1. The van der Waals surface area contributed by atoms with Crippen LogP contribution < -0.4 is 5.32 Å². The number of carbonyl (C=O) groups is 2. The molecule has 6 nitrogen and oxygen atoms in total. The molecule has 0 aromatic heterocycles. The highest BCUT2D eigenvalue weighted by molar-refractivity contribution is 6.52. The van der Waals surface area contributed by atoms with Crippen molar-refractivity contribution in [3.8, 4) is 0 Å². The van der Waals surface area contributed by atoms with Crippen molar-refractivity contribution in [3.05, 3.63) is 47.9 Å². The molecule has 132 valence electrons. The van der Waals surface area contributed by atoms with Gasteiger partial charge in [-0.2, -0.15) is 0 Å². The van der Waals surface area contributed by atoms with E-state index in [9.17, 15) is 9.59 Å². The van der Waals surface area contributed by atoms with Crippen LogP contribution in [0.2, 0.25) is 0 Å². The average Bonchev–Trinajstić information content (AvgIpc) is 2.90. The molecule has 0 bridgehead atoms. The number of carboxylic acids is 1. The van der Waals surface area contributed by atoms with Gasteiger partial charge in [-0.3, -0.25) is 0 Å². The zero-order valence-corrected chi connectivity index (χ0v) is 14.8. The van der Waals surface area contributed by atoms with Gasteiger partial charge in [0.25, 0.3) is 0 Å². The summed E-state index contributed by atoms with van der Waals surface area (Å²) in [6.07, 6.45) is 0.809. The van der Waals surface area contributed by atoms with Gasteiger partial charge in [0.15, 0.2) is 6.10 Å². The number of aliphatic carboxylic acids is 1. The summed E-state index contributed by atoms with van der Waals surface area (Å²) in [5.41, 5.74) is 1.83. The standard InChI is InChI=1S/C14H17NO3.C2H2Cl2O2/c1-3-17-13-12(9-18-14(13)16)15-10(2)11-7-5-4-6-8-11;3-1(4)2(5)6/h4-10,13,15H,3H2,1-2H3;1H,(H,5,6). The van der Waals surface area contributed by atoms with Crippen molar-refractivity contribution in [1.82, 2.24) is 5.32 Å². The number of cyclic esters (lactones) is 1. The van der Waals surface area contributed by atoms with Crippen molar-refractivity contribution in [3.63, 3.8) is 0 Å². The molecule has 1 heterocycles. The maximum atomic E-state index is 11.5. The maximum absolute atomic E-state index is 11.5. The van der Waals surface area contributed by atoms with Crippen LogP contribution in [0.3, 0.4) is 0 Å². The van der Waals surface area contributed by atoms with Crippen molar-refractivity contribution in [2.75, 3.05) is 6.61 Å². The Kier molecular flexibility index (Phi) is 8.60. The molecule has 2 atom stereocenters. The topological polar surface area (TPSA) is 84.9 Å². The quantitative estimate of drug-likeness (QED) is 0.587. The fourth-order valence-corrected chi connectivity index (χ4v) is 1.88. The van der Waals surface area contributed by atoms with Crippen molar-refractivity contribution in [2.45, 2.75) is 30.8 Å². The molecule has 1 aromatic rings. The number of ether oxygens (including phenoxy) is 2. The first-order chi connectivity index (χ1) is 11.4. The minimum atomic E-state index is -1.29. The molecule has 0 amide bonds. The minimum Gasteiger partial charge on any atom is -0.479 e. The van der Waals surface area contributed by atoms with E-state index < -0.39 is 16.9 Å². The number of hydrogen-bond donors (Lipinski definition) is 2. The predicted molar refractivity (Wildman–Crippen MR) is 90.7 cm³/mol. The number of rotatable bonds is 6. The van der Waals surface area contributed by atoms with Gasteiger partial charge in [-0.25, -0.2) is 9.59 Å². The number of benzene rings is 1. The second-order valence-electron chi connectivity index (χ2n) is 4.76. The number of carbonyl (C=O) groups excluding carboxylic acids is 1. The Hall–Kier alpha value is -1.76. The Morgan fingerprint density at radius 3 is 2.46 bits per heavy atom. The molecule has 2 unspecified atom stereocenters. The highest BCUT2D eigenvalue weighted by atomic mass is 35.5. The first-order valence-corrected chi connectivity index (χ1v) is 8.08. The van der Waals surface area contributed by atoms with Gasteiger partial charge < -0.3 is 19.9 Å². The summed E-state index contributed by atoms with van der Waals surface area (Å²) in [7, 11) is 0. The zero-order valence-electron chi connectivity index (χ0n) is 13.2. The lowest BCUT2D eigenvalue weighted by Gasteiger charge is -2.19. The summed E-state index contributed by atoms with van der Waals surface area (Å²) in [4.78, 5) is 19.6. The molecule has 1 aliphatic heterocycles. The van der Waals surface area contributed by atoms with Crippen molar-refractivity contribution in [1.29, 1.82) is 0 Å². The zero-order chi connectivity index (χ0) is 18.1. The molecule has 0 fully saturated rings. The van der Waals surface area contributed by atoms with Gasteiger partial charge in [0.1, 0.15) is 6.26 Å². The Labute approximate surface area is 150 Å². The lowest BCUT2D eigenvalue weighted by molar-refractivity contribution is -0.145. The fraction of sp³-hybridized carbons (Fsp3) is 0.375. The van der Waals surface area contributed by atoms with E-state index in [1.807, 2.05) is 44.2 Å². The van der Waals surface area contributed by atoms with E-state index >= 15 is 0 Å². The second kappa shape index (κ2) is 10.2. The van der Waals surface area contributed by atoms with E-state index in [1.54, 1.807) is 0 Å². The van der Waals surface area contributed by atoms with Crippen LogP contribution in [0.1, 0.15) is 25.5 Å². The smallest absolute Gasteiger partial charge is 0.346 e. The number of alkyl halides is 2. The monoisotopic (exact) mass is 375 g/mol. The molecule has 2 rings (SSSR count). The van der Waals surface area contributed by atoms with E-state index in [0.29, 0.717) is 12.3 Å². The van der Waals surface area contributed by atoms with E-state index in [1.165, 1.54) is 6.26 Å². The van der Waals surface area contributed by atoms with Gasteiger partial charge in [0, 0.05) is 12.6 Å². The Balaban J connectivity index is 0.000000413. The van der Waals surface area contributed by atoms with Crippen LogP contribution in [-0.2, 0) is 19.1 Å². The molecule has 0 saturated carbocycles. The van der Waals surface area contributed by atoms with Gasteiger partial charge in [-0.05, 0) is 19.4 Å². The van der Waals surface area contributed by atoms with E-state index in [-0.39, 0.29) is 12.0 Å². The minimum absolute atomic E-state index is 0.0925. The average molecular weight is 376 g/mol. The number of halogens is 2. The van der Waals surface area contributed by atoms with E-state index in [2.05, 4.69) is 5.32 Å². The molecule has 0 saturated heterocycles. The Morgan fingerprint density at radius 1 is 1.38 bits per heavy atom. The van der Waals surface area contributed by atoms with Crippen LogP contribution in [0.15, 0.2) is 42.3 Å². The molecule has 8 heteroatoms. The summed E-state index contributed by atoms with van der Waals surface area (Å²) >= 11 is 9.56. The molecule has 1 aliphatic rings. The molecule has 24 heavy (non-hydrogen) atoms. The van der Waals surface area contributed by atoms with Crippen LogP contribution in [0.5, 0.6) is 0 Å². The van der Waals surface area contributed by atoms with Crippen molar-refractivity contribution in [2.24, 2.45) is 0 Å². The molecule has 0 radical (unpaired) electrons. The molecular weight excluding hydrogens is 357 g/mol. The first kappa shape index (κ1) is 20.3. The lowest BCUT2D eigenvalue weighted by Crippen LogP contribution is -2.31. The van der Waals surface area contributed by atoms with Crippen LogP contribution >= 0.6 is 23.2 Å². The van der Waals surface area contributed by atoms with Crippen molar-refractivity contribution >= 4 is 35.1 Å². The summed E-state index contributed by atoms with van der Waals surface area (Å²) in [5, 5.41) is 11.0. The summed E-state index contributed by atoms with van der Waals surface area (Å²) in [6, 6.07) is 10.1. The molecule has 0 aliphatic carbocycles. The summed E-state index contributed by atoms with van der Waals surface area (Å²) < 4.78 is 10.2. The van der Waals surface area contributed by atoms with E-state index in [4.69, 9.17) is 37.8 Å². The maximum Gasteiger partial charge on any atom is 0.346 e. The molecule has 2 N–H and O–H groups in total. The van der Waals surface area contributed by atoms with Crippen LogP contribution in [0.25, 0.3) is 0 Å². The van der Waals surface area contributed by atoms with Gasteiger partial charge in [0.05, 0.1) is 5.70 Å². The van der Waals surface area contributed by atoms with Crippen LogP contribution in [0.4, 0.5) is 0 Å². The highest BCUT2D eigenvalue weighted by Crippen LogP contribution is 2.19. The van der Waals surface area contributed by atoms with Gasteiger partial charge >= 0.3 is 11.9 Å². The second-order valence-corrected chi connectivity index (χ2v) is 5.86. The largest absolute Gasteiger partial charge is 0.479 e. The van der Waals surface area contributed by atoms with E-state index in [0.717, 1.165) is 5.56 Å². The Bertz CT molecular complexity index is 577. The van der Waals surface area contributed by atoms with Crippen LogP contribution in [0, 0.1) is 0 Å². The third kappa shape index (κ3) is 6.39. The third-order valence-electron chi connectivity index (χ3n) is 3.00. The summed E-state index contributed by atoms with van der Waals surface area (Å²) in [5.74, 6) is -1.57. The Morgan fingerprint density at radius 2 is 1.96 bits per heavy atom. The van der Waals surface area contributed by atoms with Crippen LogP contribution in [-0.4, -0.2) is 34.6 Å². The van der Waals surface area contributed by atoms with Gasteiger partial charge in [-0.15, -0.1) is 0 Å². The SMILES string of the molecule is CCOC1C(=O)OC=C1NC(C)c1ccccc1.O=C(O)C(Cl)Cl.